The van der Waals surface area contributed by atoms with E-state index in [2.05, 4.69) is 10.6 Å². The first-order valence-electron chi connectivity index (χ1n) is 7.50. The van der Waals surface area contributed by atoms with Gasteiger partial charge in [-0.2, -0.15) is 0 Å². The highest BCUT2D eigenvalue weighted by Crippen LogP contribution is 2.25. The van der Waals surface area contributed by atoms with Crippen LogP contribution in [-0.2, 0) is 9.59 Å². The van der Waals surface area contributed by atoms with Gasteiger partial charge in [-0.15, -0.1) is 0 Å². The van der Waals surface area contributed by atoms with Gasteiger partial charge in [0, 0.05) is 23.7 Å². The van der Waals surface area contributed by atoms with Crippen LogP contribution in [0.4, 0.5) is 5.69 Å². The highest BCUT2D eigenvalue weighted by Gasteiger charge is 2.31. The van der Waals surface area contributed by atoms with E-state index >= 15 is 0 Å². The lowest BCUT2D eigenvalue weighted by atomic mass is 10.1. The molecule has 1 aromatic rings. The number of amides is 2. The number of carbonyl (C=O) groups is 2. The number of nitrogens with one attached hydrogen (secondary N) is 2. The number of benzene rings is 1. The van der Waals surface area contributed by atoms with Crippen LogP contribution in [0.2, 0.25) is 5.02 Å². The predicted octanol–water partition coefficient (Wildman–Crippen LogP) is 2.25. The van der Waals surface area contributed by atoms with Crippen LogP contribution in [0, 0.1) is 12.8 Å². The van der Waals surface area contributed by atoms with Crippen molar-refractivity contribution < 1.29 is 14.7 Å². The van der Waals surface area contributed by atoms with Crippen molar-refractivity contribution in [1.82, 2.24) is 5.32 Å². The summed E-state index contributed by atoms with van der Waals surface area (Å²) in [6, 6.07) is 5.32. The minimum Gasteiger partial charge on any atom is -0.392 e. The first-order valence-corrected chi connectivity index (χ1v) is 7.87. The van der Waals surface area contributed by atoms with Crippen molar-refractivity contribution in [2.75, 3.05) is 11.9 Å². The molecule has 0 bridgehead atoms. The van der Waals surface area contributed by atoms with Crippen LogP contribution in [-0.4, -0.2) is 29.6 Å². The Morgan fingerprint density at radius 2 is 2.14 bits per heavy atom. The van der Waals surface area contributed by atoms with E-state index in [-0.39, 0.29) is 30.7 Å². The van der Waals surface area contributed by atoms with E-state index in [1.807, 2.05) is 6.92 Å². The van der Waals surface area contributed by atoms with Gasteiger partial charge in [0.1, 0.15) is 0 Å². The van der Waals surface area contributed by atoms with Crippen molar-refractivity contribution in [3.8, 4) is 0 Å². The molecule has 2 amide bonds. The second-order valence-corrected chi connectivity index (χ2v) is 6.01. The van der Waals surface area contributed by atoms with Gasteiger partial charge in [-0.25, -0.2) is 0 Å². The monoisotopic (exact) mass is 324 g/mol. The molecule has 1 aromatic carbocycles. The van der Waals surface area contributed by atoms with Gasteiger partial charge in [0.25, 0.3) is 0 Å². The van der Waals surface area contributed by atoms with Crippen molar-refractivity contribution in [3.63, 3.8) is 0 Å². The zero-order valence-corrected chi connectivity index (χ0v) is 13.3. The molecule has 0 heterocycles. The Hall–Kier alpha value is -1.59. The summed E-state index contributed by atoms with van der Waals surface area (Å²) < 4.78 is 0. The van der Waals surface area contributed by atoms with Crippen molar-refractivity contribution >= 4 is 29.1 Å². The topological polar surface area (TPSA) is 78.4 Å². The quantitative estimate of drug-likeness (QED) is 0.777. The van der Waals surface area contributed by atoms with E-state index in [0.29, 0.717) is 23.6 Å². The molecule has 2 unspecified atom stereocenters. The number of aliphatic hydroxyl groups is 1. The van der Waals surface area contributed by atoms with Crippen LogP contribution >= 0.6 is 11.6 Å². The molecular formula is C16H21ClN2O3. The number of halogens is 1. The maximum Gasteiger partial charge on any atom is 0.226 e. The smallest absolute Gasteiger partial charge is 0.226 e. The fourth-order valence-electron chi connectivity index (χ4n) is 2.63. The Kier molecular flexibility index (Phi) is 5.80. The normalized spacial score (nSPS) is 20.7. The Balaban J connectivity index is 1.76. The summed E-state index contributed by atoms with van der Waals surface area (Å²) in [6.45, 7) is 2.09. The molecule has 2 atom stereocenters. The average molecular weight is 325 g/mol. The molecule has 0 spiro atoms. The molecule has 0 aromatic heterocycles. The SMILES string of the molecule is Cc1c(Cl)cccc1NC(=O)CCNC(=O)C1CCCC1O. The molecule has 1 fully saturated rings. The fraction of sp³-hybridized carbons (Fsp3) is 0.500. The van der Waals surface area contributed by atoms with Crippen LogP contribution < -0.4 is 10.6 Å². The predicted molar refractivity (Wildman–Crippen MR) is 85.8 cm³/mol. The lowest BCUT2D eigenvalue weighted by Gasteiger charge is -2.14. The van der Waals surface area contributed by atoms with Gasteiger partial charge in [0.2, 0.25) is 11.8 Å². The second-order valence-electron chi connectivity index (χ2n) is 5.61. The van der Waals surface area contributed by atoms with E-state index in [0.717, 1.165) is 12.0 Å². The summed E-state index contributed by atoms with van der Waals surface area (Å²) in [5.74, 6) is -0.687. The summed E-state index contributed by atoms with van der Waals surface area (Å²) in [5, 5.41) is 15.8. The van der Waals surface area contributed by atoms with Crippen LogP contribution in [0.1, 0.15) is 31.2 Å². The van der Waals surface area contributed by atoms with Gasteiger partial charge in [-0.05, 0) is 43.9 Å². The average Bonchev–Trinajstić information content (AvgIpc) is 2.90. The molecule has 0 saturated heterocycles. The maximum atomic E-state index is 11.9. The Morgan fingerprint density at radius 1 is 1.36 bits per heavy atom. The van der Waals surface area contributed by atoms with Gasteiger partial charge in [0.15, 0.2) is 0 Å². The van der Waals surface area contributed by atoms with E-state index < -0.39 is 6.10 Å². The zero-order valence-electron chi connectivity index (χ0n) is 12.6. The number of anilines is 1. The number of hydrogen-bond acceptors (Lipinski definition) is 3. The summed E-state index contributed by atoms with van der Waals surface area (Å²) in [7, 11) is 0. The third-order valence-electron chi connectivity index (χ3n) is 4.01. The van der Waals surface area contributed by atoms with Crippen molar-refractivity contribution in [1.29, 1.82) is 0 Å². The molecule has 5 nitrogen and oxygen atoms in total. The molecule has 1 saturated carbocycles. The van der Waals surface area contributed by atoms with E-state index in [4.69, 9.17) is 11.6 Å². The molecule has 6 heteroatoms. The molecule has 120 valence electrons. The number of aliphatic hydroxyl groups excluding tert-OH is 1. The summed E-state index contributed by atoms with van der Waals surface area (Å²) in [4.78, 5) is 23.8. The van der Waals surface area contributed by atoms with Crippen molar-refractivity contribution in [3.05, 3.63) is 28.8 Å². The minimum atomic E-state index is -0.553. The number of rotatable bonds is 5. The molecule has 3 N–H and O–H groups in total. The molecular weight excluding hydrogens is 304 g/mol. The molecule has 1 aliphatic rings. The molecule has 0 radical (unpaired) electrons. The first kappa shape index (κ1) is 16.8. The Labute approximate surface area is 135 Å². The largest absolute Gasteiger partial charge is 0.392 e. The Bertz CT molecular complexity index is 562. The van der Waals surface area contributed by atoms with Gasteiger partial charge in [0.05, 0.1) is 12.0 Å². The lowest BCUT2D eigenvalue weighted by molar-refractivity contribution is -0.127. The van der Waals surface area contributed by atoms with Crippen molar-refractivity contribution in [2.24, 2.45) is 5.92 Å². The zero-order chi connectivity index (χ0) is 16.1. The standard InChI is InChI=1S/C16H21ClN2O3/c1-10-12(17)5-3-6-13(10)19-15(21)8-9-18-16(22)11-4-2-7-14(11)20/h3,5-6,11,14,20H,2,4,7-9H2,1H3,(H,18,22)(H,19,21). The highest BCUT2D eigenvalue weighted by atomic mass is 35.5. The van der Waals surface area contributed by atoms with Crippen LogP contribution in [0.3, 0.4) is 0 Å². The third-order valence-corrected chi connectivity index (χ3v) is 4.42. The minimum absolute atomic E-state index is 0.170. The number of carbonyl (C=O) groups excluding carboxylic acids is 2. The third kappa shape index (κ3) is 4.21. The van der Waals surface area contributed by atoms with Gasteiger partial charge in [-0.1, -0.05) is 17.7 Å². The Morgan fingerprint density at radius 3 is 2.82 bits per heavy atom. The van der Waals surface area contributed by atoms with Gasteiger partial charge >= 0.3 is 0 Å². The molecule has 22 heavy (non-hydrogen) atoms. The molecule has 0 aliphatic heterocycles. The van der Waals surface area contributed by atoms with Crippen molar-refractivity contribution in [2.45, 2.75) is 38.7 Å². The maximum absolute atomic E-state index is 11.9. The highest BCUT2D eigenvalue weighted by molar-refractivity contribution is 6.31. The molecule has 1 aliphatic carbocycles. The van der Waals surface area contributed by atoms with Crippen LogP contribution in [0.15, 0.2) is 18.2 Å². The van der Waals surface area contributed by atoms with E-state index in [1.54, 1.807) is 18.2 Å². The van der Waals surface area contributed by atoms with Gasteiger partial charge in [-0.3, -0.25) is 9.59 Å². The lowest BCUT2D eigenvalue weighted by Crippen LogP contribution is -2.36. The summed E-state index contributed by atoms with van der Waals surface area (Å²) in [6.07, 6.45) is 1.88. The van der Waals surface area contributed by atoms with Crippen LogP contribution in [0.5, 0.6) is 0 Å². The summed E-state index contributed by atoms with van der Waals surface area (Å²) in [5.41, 5.74) is 1.49. The first-order chi connectivity index (χ1) is 10.5. The second kappa shape index (κ2) is 7.61. The van der Waals surface area contributed by atoms with Crippen LogP contribution in [0.25, 0.3) is 0 Å². The van der Waals surface area contributed by atoms with E-state index in [1.165, 1.54) is 0 Å². The van der Waals surface area contributed by atoms with Gasteiger partial charge < -0.3 is 15.7 Å². The summed E-state index contributed by atoms with van der Waals surface area (Å²) >= 11 is 6.00. The fourth-order valence-corrected chi connectivity index (χ4v) is 2.81. The van der Waals surface area contributed by atoms with E-state index in [9.17, 15) is 14.7 Å². The molecule has 2 rings (SSSR count). The number of hydrogen-bond donors (Lipinski definition) is 3.